The number of aliphatic hydroxyl groups is 1. The molecule has 0 fully saturated rings. The van der Waals surface area contributed by atoms with Gasteiger partial charge in [0, 0.05) is 4.47 Å². The minimum atomic E-state index is -0.728. The van der Waals surface area contributed by atoms with Crippen LogP contribution in [0.15, 0.2) is 58.8 Å². The number of rotatable bonds is 5. The quantitative estimate of drug-likeness (QED) is 0.766. The van der Waals surface area contributed by atoms with Gasteiger partial charge in [0.2, 0.25) is 0 Å². The second-order valence-corrected chi connectivity index (χ2v) is 6.43. The van der Waals surface area contributed by atoms with Crippen molar-refractivity contribution >= 4 is 39.0 Å². The predicted molar refractivity (Wildman–Crippen MR) is 98.4 cm³/mol. The van der Waals surface area contributed by atoms with E-state index in [2.05, 4.69) is 15.9 Å². The van der Waals surface area contributed by atoms with Crippen molar-refractivity contribution in [3.05, 3.63) is 64.3 Å². The number of hydrogen-bond donors (Lipinski definition) is 1. The fourth-order valence-corrected chi connectivity index (χ4v) is 2.81. The summed E-state index contributed by atoms with van der Waals surface area (Å²) in [6, 6.07) is 13.5. The Bertz CT molecular complexity index is 841. The van der Waals surface area contributed by atoms with E-state index in [-0.39, 0.29) is 5.57 Å². The number of halogens is 1. The zero-order valence-electron chi connectivity index (χ0n) is 13.5. The molecule has 5 nitrogen and oxygen atoms in total. The second-order valence-electron chi connectivity index (χ2n) is 5.52. The third kappa shape index (κ3) is 3.30. The minimum Gasteiger partial charge on any atom is -0.502 e. The fraction of sp³-hybridized carbons (Fsp3) is 0.158. The molecule has 1 heterocycles. The van der Waals surface area contributed by atoms with Gasteiger partial charge in [-0.1, -0.05) is 35.0 Å². The molecule has 1 N–H and O–H groups in total. The summed E-state index contributed by atoms with van der Waals surface area (Å²) in [5, 5.41) is 10.2. The highest BCUT2D eigenvalue weighted by molar-refractivity contribution is 9.10. The molecule has 0 atom stereocenters. The number of carbonyl (C=O) groups excluding carboxylic acids is 2. The first kappa shape index (κ1) is 17.2. The first-order chi connectivity index (χ1) is 12.0. The molecule has 25 heavy (non-hydrogen) atoms. The van der Waals surface area contributed by atoms with Crippen LogP contribution < -0.4 is 9.64 Å². The zero-order valence-corrected chi connectivity index (χ0v) is 15.1. The van der Waals surface area contributed by atoms with Crippen molar-refractivity contribution in [3.63, 3.8) is 0 Å². The average Bonchev–Trinajstić information content (AvgIpc) is 2.84. The summed E-state index contributed by atoms with van der Waals surface area (Å²) in [4.78, 5) is 26.0. The van der Waals surface area contributed by atoms with Crippen LogP contribution in [0.1, 0.15) is 18.9 Å². The van der Waals surface area contributed by atoms with Gasteiger partial charge in [-0.05, 0) is 48.4 Å². The zero-order chi connectivity index (χ0) is 18.0. The molecular weight excluding hydrogens is 386 g/mol. The Morgan fingerprint density at radius 1 is 1.00 bits per heavy atom. The number of anilines is 1. The van der Waals surface area contributed by atoms with E-state index >= 15 is 0 Å². The van der Waals surface area contributed by atoms with Crippen molar-refractivity contribution in [3.8, 4) is 5.75 Å². The summed E-state index contributed by atoms with van der Waals surface area (Å²) in [5.74, 6) is -1.15. The van der Waals surface area contributed by atoms with E-state index in [1.54, 1.807) is 48.5 Å². The first-order valence-electron chi connectivity index (χ1n) is 7.83. The topological polar surface area (TPSA) is 66.8 Å². The standard InChI is InChI=1S/C19H16BrNO4/c1-2-11-25-15-9-3-12(4-10-15)16-17(22)19(24)21(18(16)23)14-7-5-13(20)6-8-14/h3-10,22H,2,11H2,1H3. The normalized spacial score (nSPS) is 14.4. The van der Waals surface area contributed by atoms with E-state index in [0.717, 1.165) is 15.8 Å². The maximum Gasteiger partial charge on any atom is 0.301 e. The molecule has 2 aromatic carbocycles. The lowest BCUT2D eigenvalue weighted by molar-refractivity contribution is -0.121. The molecule has 0 radical (unpaired) electrons. The van der Waals surface area contributed by atoms with Crippen molar-refractivity contribution in [2.45, 2.75) is 13.3 Å². The molecule has 3 rings (SSSR count). The highest BCUT2D eigenvalue weighted by Gasteiger charge is 2.40. The average molecular weight is 402 g/mol. The highest BCUT2D eigenvalue weighted by Crippen LogP contribution is 2.33. The predicted octanol–water partition coefficient (Wildman–Crippen LogP) is 4.08. The van der Waals surface area contributed by atoms with Crippen molar-refractivity contribution < 1.29 is 19.4 Å². The molecule has 2 amide bonds. The number of ether oxygens (including phenoxy) is 1. The lowest BCUT2D eigenvalue weighted by atomic mass is 10.1. The summed E-state index contributed by atoms with van der Waals surface area (Å²) in [5.41, 5.74) is 0.872. The Labute approximate surface area is 153 Å². The molecule has 1 aliphatic heterocycles. The number of aliphatic hydroxyl groups excluding tert-OH is 1. The van der Waals surface area contributed by atoms with E-state index in [1.165, 1.54) is 0 Å². The summed E-state index contributed by atoms with van der Waals surface area (Å²) in [7, 11) is 0. The number of carbonyl (C=O) groups is 2. The van der Waals surface area contributed by atoms with E-state index in [4.69, 9.17) is 4.74 Å². The number of amides is 2. The van der Waals surface area contributed by atoms with Crippen LogP contribution in [0.5, 0.6) is 5.75 Å². The van der Waals surface area contributed by atoms with E-state index < -0.39 is 17.6 Å². The van der Waals surface area contributed by atoms with Crippen LogP contribution in [0.3, 0.4) is 0 Å². The number of benzene rings is 2. The Morgan fingerprint density at radius 3 is 2.24 bits per heavy atom. The lowest BCUT2D eigenvalue weighted by Crippen LogP contribution is -2.31. The number of hydrogen-bond acceptors (Lipinski definition) is 4. The fourth-order valence-electron chi connectivity index (χ4n) is 2.54. The molecule has 0 unspecified atom stereocenters. The molecular formula is C19H16BrNO4. The smallest absolute Gasteiger partial charge is 0.301 e. The SMILES string of the molecule is CCCOc1ccc(C2=C(O)C(=O)N(c3ccc(Br)cc3)C2=O)cc1. The summed E-state index contributed by atoms with van der Waals surface area (Å²) < 4.78 is 6.33. The molecule has 0 bridgehead atoms. The molecule has 0 aromatic heterocycles. The van der Waals surface area contributed by atoms with Crippen LogP contribution in [0, 0.1) is 0 Å². The number of imide groups is 1. The van der Waals surface area contributed by atoms with Gasteiger partial charge < -0.3 is 9.84 Å². The monoisotopic (exact) mass is 401 g/mol. The van der Waals surface area contributed by atoms with Crippen molar-refractivity contribution in [2.75, 3.05) is 11.5 Å². The van der Waals surface area contributed by atoms with Crippen molar-refractivity contribution in [2.24, 2.45) is 0 Å². The van der Waals surface area contributed by atoms with Gasteiger partial charge in [0.1, 0.15) is 5.75 Å². The summed E-state index contributed by atoms with van der Waals surface area (Å²) >= 11 is 3.31. The second kappa shape index (κ2) is 7.11. The third-order valence-corrected chi connectivity index (χ3v) is 4.29. The van der Waals surface area contributed by atoms with E-state index in [1.807, 2.05) is 6.92 Å². The first-order valence-corrected chi connectivity index (χ1v) is 8.63. The maximum atomic E-state index is 12.7. The Hall–Kier alpha value is -2.60. The minimum absolute atomic E-state index is 0.00467. The molecule has 128 valence electrons. The van der Waals surface area contributed by atoms with Crippen LogP contribution in [-0.2, 0) is 9.59 Å². The van der Waals surface area contributed by atoms with Crippen LogP contribution in [0.25, 0.3) is 5.57 Å². The Kier molecular flexibility index (Phi) is 4.90. The number of nitrogens with zero attached hydrogens (tertiary/aromatic N) is 1. The lowest BCUT2D eigenvalue weighted by Gasteiger charge is -2.14. The van der Waals surface area contributed by atoms with Gasteiger partial charge in [-0.3, -0.25) is 9.59 Å². The van der Waals surface area contributed by atoms with Crippen LogP contribution in [0.2, 0.25) is 0 Å². The molecule has 6 heteroatoms. The van der Waals surface area contributed by atoms with Gasteiger partial charge in [0.15, 0.2) is 5.76 Å². The maximum absolute atomic E-state index is 12.7. The van der Waals surface area contributed by atoms with Gasteiger partial charge in [-0.15, -0.1) is 0 Å². The van der Waals surface area contributed by atoms with Crippen LogP contribution in [-0.4, -0.2) is 23.5 Å². The third-order valence-electron chi connectivity index (χ3n) is 3.76. The highest BCUT2D eigenvalue weighted by atomic mass is 79.9. The van der Waals surface area contributed by atoms with Crippen LogP contribution in [0.4, 0.5) is 5.69 Å². The van der Waals surface area contributed by atoms with E-state index in [9.17, 15) is 14.7 Å². The van der Waals surface area contributed by atoms with Crippen LogP contribution >= 0.6 is 15.9 Å². The van der Waals surface area contributed by atoms with Gasteiger partial charge in [0.25, 0.3) is 5.91 Å². The Balaban J connectivity index is 1.90. The van der Waals surface area contributed by atoms with Gasteiger partial charge in [0.05, 0.1) is 17.9 Å². The van der Waals surface area contributed by atoms with Crippen molar-refractivity contribution in [1.82, 2.24) is 0 Å². The molecule has 0 spiro atoms. The molecule has 0 saturated carbocycles. The summed E-state index contributed by atoms with van der Waals surface area (Å²) in [6.07, 6.45) is 0.892. The van der Waals surface area contributed by atoms with Gasteiger partial charge in [-0.2, -0.15) is 0 Å². The molecule has 0 saturated heterocycles. The van der Waals surface area contributed by atoms with E-state index in [0.29, 0.717) is 23.6 Å². The Morgan fingerprint density at radius 2 is 1.64 bits per heavy atom. The van der Waals surface area contributed by atoms with Gasteiger partial charge >= 0.3 is 5.91 Å². The van der Waals surface area contributed by atoms with Gasteiger partial charge in [-0.25, -0.2) is 4.90 Å². The summed E-state index contributed by atoms with van der Waals surface area (Å²) in [6.45, 7) is 2.61. The molecule has 1 aliphatic rings. The molecule has 0 aliphatic carbocycles. The molecule has 2 aromatic rings. The van der Waals surface area contributed by atoms with Crippen molar-refractivity contribution in [1.29, 1.82) is 0 Å². The largest absolute Gasteiger partial charge is 0.502 e.